The molecule has 8 atom stereocenters. The molecule has 6 heteroatoms. The lowest BCUT2D eigenvalue weighted by Crippen LogP contribution is -2.66. The average molecular weight is 699 g/mol. The number of nitrogens with zero attached hydrogens (tertiary/aromatic N) is 2. The minimum Gasteiger partial charge on any atom is -0.497 e. The molecule has 0 bridgehead atoms. The number of ether oxygens (including phenoxy) is 1. The van der Waals surface area contributed by atoms with Crippen LogP contribution in [0.3, 0.4) is 0 Å². The number of allylic oxidation sites excluding steroid dienone is 2. The summed E-state index contributed by atoms with van der Waals surface area (Å²) in [5.41, 5.74) is 2.96. The summed E-state index contributed by atoms with van der Waals surface area (Å²) in [5, 5.41) is 11.1. The number of piperazine rings is 1. The second-order valence-electron chi connectivity index (χ2n) is 19.9. The Morgan fingerprint density at radius 2 is 1.55 bits per heavy atom. The van der Waals surface area contributed by atoms with Gasteiger partial charge in [-0.15, -0.1) is 0 Å². The van der Waals surface area contributed by atoms with E-state index in [1.165, 1.54) is 12.8 Å². The lowest BCUT2D eigenvalue weighted by Gasteiger charge is -2.71. The van der Waals surface area contributed by atoms with Crippen LogP contribution in [0, 0.1) is 50.2 Å². The molecule has 0 aromatic heterocycles. The Morgan fingerprint density at radius 3 is 2.24 bits per heavy atom. The van der Waals surface area contributed by atoms with E-state index in [1.54, 1.807) is 18.8 Å². The van der Waals surface area contributed by atoms with E-state index in [-0.39, 0.29) is 44.4 Å². The van der Waals surface area contributed by atoms with Gasteiger partial charge in [0.05, 0.1) is 25.2 Å². The molecule has 0 spiro atoms. The fourth-order valence-electron chi connectivity index (χ4n) is 13.2. The molecule has 280 valence electrons. The molecule has 5 aliphatic carbocycles. The maximum Gasteiger partial charge on any atom is 0.229 e. The zero-order chi connectivity index (χ0) is 36.6. The molecule has 1 aromatic rings. The summed E-state index contributed by atoms with van der Waals surface area (Å²) < 4.78 is 5.24. The highest BCUT2D eigenvalue weighted by Crippen LogP contribution is 2.75. The van der Waals surface area contributed by atoms with Crippen LogP contribution in [0.15, 0.2) is 42.0 Å². The molecule has 6 nitrogen and oxygen atoms in total. The van der Waals surface area contributed by atoms with E-state index >= 15 is 4.79 Å². The third-order valence-corrected chi connectivity index (χ3v) is 16.7. The molecule has 1 amide bonds. The van der Waals surface area contributed by atoms with E-state index in [0.717, 1.165) is 75.8 Å². The molecule has 1 saturated heterocycles. The van der Waals surface area contributed by atoms with E-state index in [9.17, 15) is 9.90 Å². The van der Waals surface area contributed by atoms with Crippen LogP contribution >= 0.6 is 0 Å². The van der Waals surface area contributed by atoms with Crippen LogP contribution in [-0.4, -0.2) is 72.5 Å². The number of carbonyl (C=O) groups is 2. The maximum atomic E-state index is 15.0. The number of carbonyl (C=O) groups excluding carboxylic acids is 2. The number of methoxy groups -OCH3 is 1. The van der Waals surface area contributed by atoms with Crippen molar-refractivity contribution in [3.05, 3.63) is 47.6 Å². The molecular weight excluding hydrogens is 633 g/mol. The van der Waals surface area contributed by atoms with Gasteiger partial charge in [-0.1, -0.05) is 78.3 Å². The number of hydrogen-bond acceptors (Lipinski definition) is 5. The largest absolute Gasteiger partial charge is 0.497 e. The third-order valence-electron chi connectivity index (χ3n) is 16.7. The first-order valence-corrected chi connectivity index (χ1v) is 20.2. The lowest BCUT2D eigenvalue weighted by atomic mass is 9.33. The fourth-order valence-corrected chi connectivity index (χ4v) is 13.2. The predicted molar refractivity (Wildman–Crippen MR) is 205 cm³/mol. The highest BCUT2D eigenvalue weighted by molar-refractivity contribution is 5.95. The SMILES string of the molecule is COc1ccc(/C=C/C(=O)CN2CCN(C(=O)[C@]34CCC(C)(C)C[C@H]3C3=CC[C@@H]5[C@@]6(C)CC[C@H](O)C(C)(C)[C@@H]6CC[C@@]5(C)[C@]3(C)CC4)CC2)cc1. The van der Waals surface area contributed by atoms with Crippen molar-refractivity contribution in [2.75, 3.05) is 39.8 Å². The molecule has 1 aromatic carbocycles. The van der Waals surface area contributed by atoms with E-state index < -0.39 is 0 Å². The quantitative estimate of drug-likeness (QED) is 0.238. The van der Waals surface area contributed by atoms with Crippen molar-refractivity contribution in [3.8, 4) is 5.75 Å². The van der Waals surface area contributed by atoms with Gasteiger partial charge in [-0.2, -0.15) is 0 Å². The van der Waals surface area contributed by atoms with Crippen molar-refractivity contribution in [1.29, 1.82) is 0 Å². The molecule has 6 aliphatic rings. The Labute approximate surface area is 308 Å². The molecule has 0 unspecified atom stereocenters. The number of ketones is 1. The topological polar surface area (TPSA) is 70.1 Å². The van der Waals surface area contributed by atoms with Gasteiger partial charge in [0.2, 0.25) is 5.91 Å². The predicted octanol–water partition coefficient (Wildman–Crippen LogP) is 8.58. The molecule has 51 heavy (non-hydrogen) atoms. The van der Waals surface area contributed by atoms with E-state index in [2.05, 4.69) is 64.3 Å². The Balaban J connectivity index is 1.08. The number of amides is 1. The molecule has 7 rings (SSSR count). The standard InChI is InChI=1S/C45H66N2O4/c1-40(2)21-23-45(39(50)47-27-25-46(26-28-47)30-32(48)12-9-31-10-13-33(51-8)14-11-31)24-22-43(6)34(35(45)29-40)15-16-37-42(5)19-18-38(49)41(3,4)36(42)17-20-44(37,43)7/h9-15,35-38,49H,16-30H2,1-8H3/b12-9+/t35-,36-,37+,38-,42-,43+,44+,45-/m0/s1. The molecule has 1 heterocycles. The smallest absolute Gasteiger partial charge is 0.229 e. The van der Waals surface area contributed by atoms with Crippen molar-refractivity contribution in [3.63, 3.8) is 0 Å². The summed E-state index contributed by atoms with van der Waals surface area (Å²) in [5.74, 6) is 2.73. The number of aliphatic hydroxyl groups is 1. The van der Waals surface area contributed by atoms with Crippen LogP contribution in [0.25, 0.3) is 6.08 Å². The number of rotatable bonds is 6. The van der Waals surface area contributed by atoms with Gasteiger partial charge in [0.15, 0.2) is 5.78 Å². The van der Waals surface area contributed by atoms with Gasteiger partial charge in [0.1, 0.15) is 5.75 Å². The first kappa shape index (κ1) is 36.9. The summed E-state index contributed by atoms with van der Waals surface area (Å²) in [7, 11) is 1.65. The minimum atomic E-state index is -0.318. The van der Waals surface area contributed by atoms with Crippen LogP contribution in [0.5, 0.6) is 5.75 Å². The maximum absolute atomic E-state index is 15.0. The summed E-state index contributed by atoms with van der Waals surface area (Å²) in [4.78, 5) is 32.3. The van der Waals surface area contributed by atoms with Crippen LogP contribution in [0.2, 0.25) is 0 Å². The van der Waals surface area contributed by atoms with Crippen LogP contribution < -0.4 is 4.74 Å². The number of benzene rings is 1. The molecule has 1 aliphatic heterocycles. The molecule has 0 radical (unpaired) electrons. The zero-order valence-corrected chi connectivity index (χ0v) is 33.0. The van der Waals surface area contributed by atoms with E-state index in [1.807, 2.05) is 30.3 Å². The van der Waals surface area contributed by atoms with E-state index in [4.69, 9.17) is 4.74 Å². The molecule has 1 N–H and O–H groups in total. The summed E-state index contributed by atoms with van der Waals surface area (Å²) in [6, 6.07) is 7.72. The Hall–Kier alpha value is -2.44. The molecular formula is C45H66N2O4. The Morgan fingerprint density at radius 1 is 0.863 bits per heavy atom. The monoisotopic (exact) mass is 699 g/mol. The van der Waals surface area contributed by atoms with Gasteiger partial charge in [-0.25, -0.2) is 0 Å². The molecule has 4 saturated carbocycles. The second kappa shape index (κ2) is 12.9. The number of fused-ring (bicyclic) bond motifs is 7. The van der Waals surface area contributed by atoms with Crippen LogP contribution in [0.4, 0.5) is 0 Å². The van der Waals surface area contributed by atoms with Gasteiger partial charge < -0.3 is 14.7 Å². The Kier molecular flexibility index (Phi) is 9.30. The van der Waals surface area contributed by atoms with Gasteiger partial charge in [-0.05, 0) is 133 Å². The van der Waals surface area contributed by atoms with Gasteiger partial charge in [0, 0.05) is 26.2 Å². The fraction of sp³-hybridized carbons (Fsp3) is 0.733. The highest BCUT2D eigenvalue weighted by Gasteiger charge is 2.69. The third kappa shape index (κ3) is 5.88. The van der Waals surface area contributed by atoms with Crippen molar-refractivity contribution in [2.45, 2.75) is 119 Å². The van der Waals surface area contributed by atoms with Gasteiger partial charge in [-0.3, -0.25) is 14.5 Å². The molecule has 5 fully saturated rings. The van der Waals surface area contributed by atoms with Gasteiger partial charge in [0.25, 0.3) is 0 Å². The van der Waals surface area contributed by atoms with Crippen molar-refractivity contribution in [1.82, 2.24) is 9.80 Å². The first-order valence-electron chi connectivity index (χ1n) is 20.2. The Bertz CT molecular complexity index is 1570. The second-order valence-corrected chi connectivity index (χ2v) is 19.9. The highest BCUT2D eigenvalue weighted by atomic mass is 16.5. The average Bonchev–Trinajstić information content (AvgIpc) is 3.09. The summed E-state index contributed by atoms with van der Waals surface area (Å²) in [6.45, 7) is 20.6. The summed E-state index contributed by atoms with van der Waals surface area (Å²) in [6.07, 6.45) is 16.8. The number of aliphatic hydroxyl groups excluding tert-OH is 1. The van der Waals surface area contributed by atoms with Crippen LogP contribution in [0.1, 0.15) is 118 Å². The van der Waals surface area contributed by atoms with Gasteiger partial charge >= 0.3 is 0 Å². The zero-order valence-electron chi connectivity index (χ0n) is 33.0. The lowest BCUT2D eigenvalue weighted by molar-refractivity contribution is -0.204. The van der Waals surface area contributed by atoms with Crippen LogP contribution in [-0.2, 0) is 9.59 Å². The normalized spacial score (nSPS) is 40.3. The minimum absolute atomic E-state index is 0.0496. The van der Waals surface area contributed by atoms with Crippen molar-refractivity contribution < 1.29 is 19.4 Å². The van der Waals surface area contributed by atoms with Crippen molar-refractivity contribution >= 4 is 17.8 Å². The van der Waals surface area contributed by atoms with E-state index in [0.29, 0.717) is 43.3 Å². The van der Waals surface area contributed by atoms with Crippen molar-refractivity contribution in [2.24, 2.45) is 50.2 Å². The first-order chi connectivity index (χ1) is 24.0. The summed E-state index contributed by atoms with van der Waals surface area (Å²) >= 11 is 0. The number of hydrogen-bond donors (Lipinski definition) is 1.